The maximum atomic E-state index is 13.5. The van der Waals surface area contributed by atoms with E-state index in [0.717, 1.165) is 5.56 Å². The number of hydrogen-bond acceptors (Lipinski definition) is 10. The molecule has 2 aromatic rings. The average Bonchev–Trinajstić information content (AvgIpc) is 3.40. The highest BCUT2D eigenvalue weighted by Crippen LogP contribution is 2.49. The first kappa shape index (κ1) is 34.6. The van der Waals surface area contributed by atoms with E-state index in [4.69, 9.17) is 28.1 Å². The van der Waals surface area contributed by atoms with Gasteiger partial charge in [0.05, 0.1) is 30.6 Å². The fraction of sp³-hybridized carbons (Fsp3) is 0.576. The standard InChI is InChI=1S/C33H47NO10SSi2/c1-21(2)46(22(3)4)41-20-33(19-40-45(37,38)26-16-14-25(9)15-17-26)30(43-47(44-46,23(5)6)24(7)8)29(18-39-33)42-34-31(35)27-12-10-11-13-28(27)32(34)36/h10-17,21-24,29-30H,18-20H2,1-9H3/t29-,30?,33-/m1/s1/i18T/t18-,29+,30?,33+/m0. The van der Waals surface area contributed by atoms with Gasteiger partial charge in [-0.15, -0.1) is 5.06 Å². The van der Waals surface area contributed by atoms with E-state index in [1.807, 2.05) is 62.3 Å². The molecule has 3 aliphatic rings. The van der Waals surface area contributed by atoms with Crippen LogP contribution in [0.15, 0.2) is 53.4 Å². The third-order valence-electron chi connectivity index (χ3n) is 9.40. The van der Waals surface area contributed by atoms with Crippen LogP contribution in [-0.4, -0.2) is 80.0 Å². The lowest BCUT2D eigenvalue weighted by molar-refractivity contribution is -0.164. The maximum absolute atomic E-state index is 13.5. The van der Waals surface area contributed by atoms with Gasteiger partial charge < -0.3 is 17.7 Å². The molecule has 258 valence electrons. The molecule has 47 heavy (non-hydrogen) atoms. The second kappa shape index (κ2) is 13.2. The summed E-state index contributed by atoms with van der Waals surface area (Å²) in [4.78, 5) is 32.8. The van der Waals surface area contributed by atoms with Crippen molar-refractivity contribution in [2.24, 2.45) is 0 Å². The first-order valence-corrected chi connectivity index (χ1v) is 21.5. The van der Waals surface area contributed by atoms with Crippen LogP contribution in [0.2, 0.25) is 22.2 Å². The number of imide groups is 1. The number of nitrogens with zero attached hydrogens (tertiary/aromatic N) is 1. The van der Waals surface area contributed by atoms with Crippen molar-refractivity contribution in [3.63, 3.8) is 0 Å². The molecular formula is C33H47NO10SSi2. The summed E-state index contributed by atoms with van der Waals surface area (Å²) in [6, 6.07) is 12.6. The molecule has 0 radical (unpaired) electrons. The smallest absolute Gasteiger partial charge is 0.335 e. The van der Waals surface area contributed by atoms with Crippen molar-refractivity contribution in [3.8, 4) is 0 Å². The number of fused-ring (bicyclic) bond motifs is 2. The van der Waals surface area contributed by atoms with Gasteiger partial charge in [-0.05, 0) is 53.4 Å². The number of benzene rings is 2. The molecule has 0 bridgehead atoms. The lowest BCUT2D eigenvalue weighted by Crippen LogP contribution is -2.69. The second-order valence-electron chi connectivity index (χ2n) is 13.9. The van der Waals surface area contributed by atoms with E-state index in [1.165, 1.54) is 24.3 Å². The van der Waals surface area contributed by atoms with Crippen molar-refractivity contribution in [3.05, 3.63) is 65.2 Å². The van der Waals surface area contributed by atoms with Gasteiger partial charge in [0.15, 0.2) is 0 Å². The number of rotatable bonds is 10. The molecule has 1 unspecified atom stereocenters. The lowest BCUT2D eigenvalue weighted by Gasteiger charge is -2.53. The van der Waals surface area contributed by atoms with Gasteiger partial charge in [-0.3, -0.25) is 18.6 Å². The van der Waals surface area contributed by atoms with Crippen LogP contribution in [0, 0.1) is 6.92 Å². The quantitative estimate of drug-likeness (QED) is 0.164. The van der Waals surface area contributed by atoms with Crippen molar-refractivity contribution in [1.29, 1.82) is 0 Å². The molecular weight excluding hydrogens is 659 g/mol. The number of hydrogen-bond donors (Lipinski definition) is 0. The van der Waals surface area contributed by atoms with E-state index in [1.54, 1.807) is 24.3 Å². The molecule has 0 aliphatic carbocycles. The molecule has 0 spiro atoms. The number of carbonyl (C=O) groups excluding carboxylic acids is 2. The molecule has 11 nitrogen and oxygen atoms in total. The topological polar surface area (TPSA) is 127 Å². The Kier molecular flexibility index (Phi) is 9.72. The second-order valence-corrected chi connectivity index (χ2v) is 24.3. The van der Waals surface area contributed by atoms with Gasteiger partial charge in [-0.25, -0.2) is 0 Å². The number of carbonyl (C=O) groups is 2. The summed E-state index contributed by atoms with van der Waals surface area (Å²) in [7, 11) is -10.8. The molecule has 2 fully saturated rings. The van der Waals surface area contributed by atoms with Gasteiger partial charge >= 0.3 is 17.1 Å². The van der Waals surface area contributed by atoms with Gasteiger partial charge in [0, 0.05) is 0 Å². The fourth-order valence-electron chi connectivity index (χ4n) is 6.65. The highest BCUT2D eigenvalue weighted by molar-refractivity contribution is 7.86. The minimum Gasteiger partial charge on any atom is -0.414 e. The fourth-order valence-corrected chi connectivity index (χ4v) is 18.9. The minimum absolute atomic E-state index is 0.0325. The summed E-state index contributed by atoms with van der Waals surface area (Å²) >= 11 is 0. The molecule has 0 saturated carbocycles. The SMILES string of the molecule is [3H][C@@H]1O[C@]2(COS(=O)(=O)c3ccc(C)cc3)CO[Si](C(C)C)(C(C)C)O[Si](C(C)C)(C(C)C)OC2[C@@H]1ON1C(=O)c2ccccc2C1=O. The van der Waals surface area contributed by atoms with E-state index in [0.29, 0.717) is 5.06 Å². The predicted molar refractivity (Wildman–Crippen MR) is 179 cm³/mol. The van der Waals surface area contributed by atoms with Gasteiger partial charge in [0.25, 0.3) is 21.9 Å². The highest BCUT2D eigenvalue weighted by atomic mass is 32.2. The number of amides is 2. The summed E-state index contributed by atoms with van der Waals surface area (Å²) < 4.78 is 69.6. The Bertz CT molecular complexity index is 1590. The summed E-state index contributed by atoms with van der Waals surface area (Å²) in [6.45, 7) is 15.8. The largest absolute Gasteiger partial charge is 0.414 e. The van der Waals surface area contributed by atoms with E-state index in [2.05, 4.69) is 0 Å². The Morgan fingerprint density at radius 1 is 0.894 bits per heavy atom. The lowest BCUT2D eigenvalue weighted by atomic mass is 9.98. The van der Waals surface area contributed by atoms with Crippen LogP contribution < -0.4 is 0 Å². The van der Waals surface area contributed by atoms with Gasteiger partial charge in [0.2, 0.25) is 0 Å². The minimum atomic E-state index is -4.30. The van der Waals surface area contributed by atoms with Crippen LogP contribution in [-0.2, 0) is 36.8 Å². The number of aryl methyl sites for hydroxylation is 1. The van der Waals surface area contributed by atoms with Gasteiger partial charge in [-0.2, -0.15) is 8.42 Å². The highest BCUT2D eigenvalue weighted by Gasteiger charge is 2.65. The Morgan fingerprint density at radius 2 is 1.43 bits per heavy atom. The summed E-state index contributed by atoms with van der Waals surface area (Å²) in [5.41, 5.74) is -0.807. The normalized spacial score (nSPS) is 27.7. The Hall–Kier alpha value is -2.28. The molecule has 2 aromatic carbocycles. The monoisotopic (exact) mass is 707 g/mol. The van der Waals surface area contributed by atoms with Crippen LogP contribution in [0.3, 0.4) is 0 Å². The molecule has 2 amide bonds. The van der Waals surface area contributed by atoms with Crippen molar-refractivity contribution < 1.29 is 46.1 Å². The Labute approximate surface area is 281 Å². The third kappa shape index (κ3) is 6.32. The van der Waals surface area contributed by atoms with Gasteiger partial charge in [0.1, 0.15) is 24.4 Å². The molecule has 0 N–H and O–H groups in total. The zero-order chi connectivity index (χ0) is 35.4. The van der Waals surface area contributed by atoms with Crippen LogP contribution in [0.5, 0.6) is 0 Å². The van der Waals surface area contributed by atoms with E-state index >= 15 is 0 Å². The molecule has 14 heteroatoms. The number of hydroxylamine groups is 2. The first-order chi connectivity index (χ1) is 22.4. The Morgan fingerprint density at radius 3 is 1.94 bits per heavy atom. The van der Waals surface area contributed by atoms with Gasteiger partial charge in [-0.1, -0.05) is 85.2 Å². The molecule has 2 saturated heterocycles. The molecule has 3 heterocycles. The number of ether oxygens (including phenoxy) is 1. The third-order valence-corrected chi connectivity index (χ3v) is 20.9. The predicted octanol–water partition coefficient (Wildman–Crippen LogP) is 6.02. The maximum Gasteiger partial charge on any atom is 0.335 e. The van der Waals surface area contributed by atoms with Crippen molar-refractivity contribution >= 4 is 39.1 Å². The van der Waals surface area contributed by atoms with Crippen LogP contribution >= 0.6 is 0 Å². The van der Waals surface area contributed by atoms with Crippen molar-refractivity contribution in [2.75, 3.05) is 19.8 Å². The zero-order valence-corrected chi connectivity index (χ0v) is 31.3. The Balaban J connectivity index is 1.62. The van der Waals surface area contributed by atoms with E-state index < -0.39 is 70.1 Å². The van der Waals surface area contributed by atoms with Crippen LogP contribution in [0.4, 0.5) is 0 Å². The summed E-state index contributed by atoms with van der Waals surface area (Å²) in [5, 5.41) is 0.638. The van der Waals surface area contributed by atoms with Crippen molar-refractivity contribution in [1.82, 2.24) is 5.06 Å². The molecule has 4 atom stereocenters. The first-order valence-electron chi connectivity index (χ1n) is 16.7. The zero-order valence-electron chi connectivity index (χ0n) is 29.5. The van der Waals surface area contributed by atoms with Crippen molar-refractivity contribution in [2.45, 2.75) is 107 Å². The average molecular weight is 708 g/mol. The summed E-state index contributed by atoms with van der Waals surface area (Å²) in [6.07, 6.45) is -2.58. The molecule has 3 aliphatic heterocycles. The molecule has 0 aromatic heterocycles. The molecule has 5 rings (SSSR count). The summed E-state index contributed by atoms with van der Waals surface area (Å²) in [5.74, 6) is -1.36. The van der Waals surface area contributed by atoms with E-state index in [-0.39, 0.29) is 44.8 Å². The van der Waals surface area contributed by atoms with Crippen LogP contribution in [0.1, 0.15) is 83.0 Å². The van der Waals surface area contributed by atoms with Crippen LogP contribution in [0.25, 0.3) is 0 Å². The van der Waals surface area contributed by atoms with E-state index in [9.17, 15) is 18.0 Å².